The van der Waals surface area contributed by atoms with Crippen molar-refractivity contribution in [1.29, 1.82) is 0 Å². The van der Waals surface area contributed by atoms with Gasteiger partial charge in [0.2, 0.25) is 0 Å². The monoisotopic (exact) mass is 386 g/mol. The molecule has 4 aromatic rings. The molecule has 0 radical (unpaired) electrons. The van der Waals surface area contributed by atoms with E-state index < -0.39 is 0 Å². The van der Waals surface area contributed by atoms with E-state index in [2.05, 4.69) is 10.4 Å². The second-order valence-corrected chi connectivity index (χ2v) is 6.75. The summed E-state index contributed by atoms with van der Waals surface area (Å²) >= 11 is 0. The van der Waals surface area contributed by atoms with Crippen molar-refractivity contribution in [3.05, 3.63) is 72.1 Å². The summed E-state index contributed by atoms with van der Waals surface area (Å²) in [7, 11) is 1.89. The highest BCUT2D eigenvalue weighted by Crippen LogP contribution is 2.27. The normalized spacial score (nSPS) is 10.9. The summed E-state index contributed by atoms with van der Waals surface area (Å²) in [6.07, 6.45) is 1.78. The minimum Gasteiger partial charge on any atom is -0.494 e. The largest absolute Gasteiger partial charge is 0.494 e. The standard InChI is InChI=1S/C23H22N4O2/c1-4-29-17-11-9-16(10-12-17)25-23(28)19-13-22(20-14-24-27(3)15(20)2)26-21-8-6-5-7-18(19)21/h5-14H,4H2,1-3H3,(H,25,28). The van der Waals surface area contributed by atoms with Crippen LogP contribution in [0.25, 0.3) is 22.2 Å². The van der Waals surface area contributed by atoms with Gasteiger partial charge in [-0.2, -0.15) is 5.10 Å². The maximum atomic E-state index is 13.1. The Bertz CT molecular complexity index is 1180. The highest BCUT2D eigenvalue weighted by atomic mass is 16.5. The van der Waals surface area contributed by atoms with Crippen LogP contribution in [0.1, 0.15) is 23.0 Å². The number of hydrogen-bond donors (Lipinski definition) is 1. The third kappa shape index (κ3) is 3.69. The molecule has 0 bridgehead atoms. The molecule has 2 heterocycles. The summed E-state index contributed by atoms with van der Waals surface area (Å²) in [5, 5.41) is 8.08. The molecule has 0 aliphatic carbocycles. The molecule has 29 heavy (non-hydrogen) atoms. The zero-order valence-corrected chi connectivity index (χ0v) is 16.6. The Morgan fingerprint density at radius 2 is 1.90 bits per heavy atom. The topological polar surface area (TPSA) is 69.0 Å². The van der Waals surface area contributed by atoms with Crippen LogP contribution in [0.2, 0.25) is 0 Å². The van der Waals surface area contributed by atoms with E-state index in [-0.39, 0.29) is 5.91 Å². The number of hydrogen-bond acceptors (Lipinski definition) is 4. The Morgan fingerprint density at radius 1 is 1.14 bits per heavy atom. The lowest BCUT2D eigenvalue weighted by Crippen LogP contribution is -2.13. The van der Waals surface area contributed by atoms with Crippen LogP contribution in [-0.2, 0) is 7.05 Å². The summed E-state index contributed by atoms with van der Waals surface area (Å²) in [6, 6.07) is 16.8. The highest BCUT2D eigenvalue weighted by Gasteiger charge is 2.16. The van der Waals surface area contributed by atoms with Crippen LogP contribution in [0.3, 0.4) is 0 Å². The molecule has 0 saturated heterocycles. The van der Waals surface area contributed by atoms with E-state index in [1.165, 1.54) is 0 Å². The molecule has 0 fully saturated rings. The summed E-state index contributed by atoms with van der Waals surface area (Å²) in [4.78, 5) is 17.9. The molecule has 0 saturated carbocycles. The number of para-hydroxylation sites is 1. The maximum absolute atomic E-state index is 13.1. The summed E-state index contributed by atoms with van der Waals surface area (Å²) in [5.41, 5.74) is 4.68. The van der Waals surface area contributed by atoms with Crippen LogP contribution in [0.5, 0.6) is 5.75 Å². The van der Waals surface area contributed by atoms with E-state index in [0.717, 1.165) is 33.6 Å². The summed E-state index contributed by atoms with van der Waals surface area (Å²) < 4.78 is 7.25. The van der Waals surface area contributed by atoms with Crippen LogP contribution in [0.4, 0.5) is 5.69 Å². The molecule has 6 heteroatoms. The van der Waals surface area contributed by atoms with Crippen molar-refractivity contribution in [1.82, 2.24) is 14.8 Å². The third-order valence-electron chi connectivity index (χ3n) is 4.90. The number of nitrogens with one attached hydrogen (secondary N) is 1. The molecule has 2 aromatic carbocycles. The molecular weight excluding hydrogens is 364 g/mol. The van der Waals surface area contributed by atoms with Crippen LogP contribution in [0, 0.1) is 6.92 Å². The number of ether oxygens (including phenoxy) is 1. The number of aryl methyl sites for hydroxylation is 1. The summed E-state index contributed by atoms with van der Waals surface area (Å²) in [6.45, 7) is 4.52. The van der Waals surface area contributed by atoms with Gasteiger partial charge in [0, 0.05) is 29.4 Å². The van der Waals surface area contributed by atoms with Crippen molar-refractivity contribution in [2.45, 2.75) is 13.8 Å². The molecule has 0 aliphatic heterocycles. The average Bonchev–Trinajstić information content (AvgIpc) is 3.07. The van der Waals surface area contributed by atoms with Gasteiger partial charge in [0.15, 0.2) is 0 Å². The number of pyridine rings is 1. The lowest BCUT2D eigenvalue weighted by molar-refractivity contribution is 0.102. The molecule has 4 rings (SSSR count). The maximum Gasteiger partial charge on any atom is 0.256 e. The van der Waals surface area contributed by atoms with Crippen LogP contribution >= 0.6 is 0 Å². The second-order valence-electron chi connectivity index (χ2n) is 6.75. The predicted molar refractivity (Wildman–Crippen MR) is 114 cm³/mol. The van der Waals surface area contributed by atoms with Crippen LogP contribution < -0.4 is 10.1 Å². The smallest absolute Gasteiger partial charge is 0.256 e. The van der Waals surface area contributed by atoms with E-state index in [1.807, 2.05) is 75.5 Å². The molecular formula is C23H22N4O2. The third-order valence-corrected chi connectivity index (χ3v) is 4.90. The number of carbonyl (C=O) groups is 1. The average molecular weight is 386 g/mol. The number of carbonyl (C=O) groups excluding carboxylic acids is 1. The number of anilines is 1. The summed E-state index contributed by atoms with van der Waals surface area (Å²) in [5.74, 6) is 0.588. The number of rotatable bonds is 5. The Kier molecular flexibility index (Phi) is 4.99. The number of amides is 1. The lowest BCUT2D eigenvalue weighted by atomic mass is 10.0. The van der Waals surface area contributed by atoms with Crippen molar-refractivity contribution in [2.24, 2.45) is 7.05 Å². The highest BCUT2D eigenvalue weighted by molar-refractivity contribution is 6.13. The van der Waals surface area contributed by atoms with Crippen molar-refractivity contribution in [3.63, 3.8) is 0 Å². The van der Waals surface area contributed by atoms with Crippen molar-refractivity contribution >= 4 is 22.5 Å². The molecule has 1 N–H and O–H groups in total. The van der Waals surface area contributed by atoms with Gasteiger partial charge >= 0.3 is 0 Å². The van der Waals surface area contributed by atoms with Crippen molar-refractivity contribution in [2.75, 3.05) is 11.9 Å². The van der Waals surface area contributed by atoms with Gasteiger partial charge in [-0.3, -0.25) is 9.48 Å². The number of fused-ring (bicyclic) bond motifs is 1. The lowest BCUT2D eigenvalue weighted by Gasteiger charge is -2.11. The molecule has 0 unspecified atom stereocenters. The van der Waals surface area contributed by atoms with Gasteiger partial charge in [-0.05, 0) is 50.2 Å². The minimum atomic E-state index is -0.185. The number of benzene rings is 2. The molecule has 2 aromatic heterocycles. The molecule has 1 amide bonds. The molecule has 146 valence electrons. The predicted octanol–water partition coefficient (Wildman–Crippen LogP) is 4.59. The van der Waals surface area contributed by atoms with Gasteiger partial charge < -0.3 is 10.1 Å². The quantitative estimate of drug-likeness (QED) is 0.544. The first-order chi connectivity index (χ1) is 14.1. The first-order valence-corrected chi connectivity index (χ1v) is 9.50. The SMILES string of the molecule is CCOc1ccc(NC(=O)c2cc(-c3cnn(C)c3C)nc3ccccc23)cc1. The Morgan fingerprint density at radius 3 is 2.59 bits per heavy atom. The van der Waals surface area contributed by atoms with E-state index in [9.17, 15) is 4.79 Å². The second kappa shape index (κ2) is 7.75. The minimum absolute atomic E-state index is 0.185. The van der Waals surface area contributed by atoms with Gasteiger partial charge in [-0.25, -0.2) is 4.98 Å². The molecule has 0 atom stereocenters. The first-order valence-electron chi connectivity index (χ1n) is 9.50. The van der Waals surface area contributed by atoms with E-state index in [1.54, 1.807) is 10.9 Å². The van der Waals surface area contributed by atoms with Crippen LogP contribution in [0.15, 0.2) is 60.8 Å². The Labute approximate surface area is 169 Å². The van der Waals surface area contributed by atoms with Gasteiger partial charge in [0.25, 0.3) is 5.91 Å². The van der Waals surface area contributed by atoms with E-state index >= 15 is 0 Å². The van der Waals surface area contributed by atoms with E-state index in [0.29, 0.717) is 17.9 Å². The fourth-order valence-corrected chi connectivity index (χ4v) is 3.25. The zero-order valence-electron chi connectivity index (χ0n) is 16.6. The van der Waals surface area contributed by atoms with E-state index in [4.69, 9.17) is 9.72 Å². The van der Waals surface area contributed by atoms with Crippen molar-refractivity contribution < 1.29 is 9.53 Å². The van der Waals surface area contributed by atoms with Gasteiger partial charge in [-0.15, -0.1) is 0 Å². The van der Waals surface area contributed by atoms with Crippen molar-refractivity contribution in [3.8, 4) is 17.0 Å². The van der Waals surface area contributed by atoms with Gasteiger partial charge in [-0.1, -0.05) is 18.2 Å². The van der Waals surface area contributed by atoms with Crippen LogP contribution in [-0.4, -0.2) is 27.3 Å². The van der Waals surface area contributed by atoms with Gasteiger partial charge in [0.1, 0.15) is 5.75 Å². The molecule has 0 aliphatic rings. The Balaban J connectivity index is 1.73. The zero-order chi connectivity index (χ0) is 20.4. The molecule has 6 nitrogen and oxygen atoms in total. The fraction of sp³-hybridized carbons (Fsp3) is 0.174. The Hall–Kier alpha value is -3.67. The number of aromatic nitrogens is 3. The molecule has 0 spiro atoms. The fourth-order valence-electron chi connectivity index (χ4n) is 3.25. The number of nitrogens with zero attached hydrogens (tertiary/aromatic N) is 3. The van der Waals surface area contributed by atoms with Gasteiger partial charge in [0.05, 0.1) is 29.6 Å². The first kappa shape index (κ1) is 18.7.